The van der Waals surface area contributed by atoms with E-state index in [1.54, 1.807) is 0 Å². The molecule has 19 heavy (non-hydrogen) atoms. The normalized spacial score (nSPS) is 31.2. The second-order valence-corrected chi connectivity index (χ2v) is 6.20. The Balaban J connectivity index is 2.61. The minimum Gasteiger partial charge on any atom is -0.481 e. The number of ether oxygens (including phenoxy) is 1. The van der Waals surface area contributed by atoms with Crippen molar-refractivity contribution in [2.75, 3.05) is 0 Å². The molecule has 1 aliphatic rings. The molecule has 110 valence electrons. The molecule has 0 radical (unpaired) electrons. The summed E-state index contributed by atoms with van der Waals surface area (Å²) in [6.45, 7) is 9.60. The fraction of sp³-hybridized carbons (Fsp3) is 0.857. The van der Waals surface area contributed by atoms with Crippen molar-refractivity contribution < 1.29 is 19.4 Å². The molecule has 1 fully saturated rings. The first kappa shape index (κ1) is 16.0. The molecule has 1 aliphatic heterocycles. The minimum atomic E-state index is -0.845. The summed E-state index contributed by atoms with van der Waals surface area (Å²) in [4.78, 5) is 22.9. The van der Waals surface area contributed by atoms with Crippen molar-refractivity contribution in [1.29, 1.82) is 0 Å². The zero-order valence-corrected chi connectivity index (χ0v) is 12.4. The lowest BCUT2D eigenvalue weighted by atomic mass is 9.87. The molecule has 1 saturated heterocycles. The SMILES string of the molecule is CC1OC(C)C(C(=O)NC(C)(C)CCC(=O)O)C1C. The number of aliphatic carboxylic acids is 1. The molecule has 0 aromatic heterocycles. The zero-order chi connectivity index (χ0) is 14.8. The molecule has 0 spiro atoms. The molecule has 5 nitrogen and oxygen atoms in total. The molecule has 1 rings (SSSR count). The van der Waals surface area contributed by atoms with Crippen LogP contribution in [0.4, 0.5) is 0 Å². The van der Waals surface area contributed by atoms with Gasteiger partial charge < -0.3 is 15.2 Å². The van der Waals surface area contributed by atoms with Gasteiger partial charge in [0.05, 0.1) is 18.1 Å². The van der Waals surface area contributed by atoms with Crippen LogP contribution in [0.2, 0.25) is 0 Å². The Morgan fingerprint density at radius 2 is 1.79 bits per heavy atom. The maximum atomic E-state index is 12.3. The summed E-state index contributed by atoms with van der Waals surface area (Å²) in [5.41, 5.74) is -0.513. The lowest BCUT2D eigenvalue weighted by Gasteiger charge is -2.29. The number of nitrogens with one attached hydrogen (secondary N) is 1. The van der Waals surface area contributed by atoms with E-state index in [2.05, 4.69) is 5.32 Å². The highest BCUT2D eigenvalue weighted by Crippen LogP contribution is 2.32. The van der Waals surface area contributed by atoms with Crippen molar-refractivity contribution in [1.82, 2.24) is 5.32 Å². The smallest absolute Gasteiger partial charge is 0.303 e. The topological polar surface area (TPSA) is 75.6 Å². The van der Waals surface area contributed by atoms with Gasteiger partial charge in [-0.1, -0.05) is 6.92 Å². The van der Waals surface area contributed by atoms with Gasteiger partial charge >= 0.3 is 5.97 Å². The Morgan fingerprint density at radius 3 is 2.21 bits per heavy atom. The third kappa shape index (κ3) is 4.20. The third-order valence-corrected chi connectivity index (χ3v) is 3.97. The molecule has 0 bridgehead atoms. The van der Waals surface area contributed by atoms with E-state index in [0.29, 0.717) is 6.42 Å². The van der Waals surface area contributed by atoms with Crippen molar-refractivity contribution in [3.05, 3.63) is 0 Å². The van der Waals surface area contributed by atoms with Crippen LogP contribution < -0.4 is 5.32 Å². The molecule has 4 atom stereocenters. The molecule has 5 heteroatoms. The van der Waals surface area contributed by atoms with Crippen LogP contribution in [0.3, 0.4) is 0 Å². The molecule has 0 aliphatic carbocycles. The predicted molar refractivity (Wildman–Crippen MR) is 71.8 cm³/mol. The van der Waals surface area contributed by atoms with Crippen molar-refractivity contribution in [2.45, 2.75) is 65.2 Å². The molecule has 1 heterocycles. The fourth-order valence-electron chi connectivity index (χ4n) is 2.62. The van der Waals surface area contributed by atoms with Gasteiger partial charge in [-0.2, -0.15) is 0 Å². The molecule has 0 saturated carbocycles. The average molecular weight is 271 g/mol. The van der Waals surface area contributed by atoms with Gasteiger partial charge in [-0.05, 0) is 40.0 Å². The van der Waals surface area contributed by atoms with Gasteiger partial charge in [0.1, 0.15) is 0 Å². The van der Waals surface area contributed by atoms with E-state index in [0.717, 1.165) is 0 Å². The summed E-state index contributed by atoms with van der Waals surface area (Å²) >= 11 is 0. The first-order valence-corrected chi connectivity index (χ1v) is 6.83. The lowest BCUT2D eigenvalue weighted by Crippen LogP contribution is -2.48. The van der Waals surface area contributed by atoms with Crippen LogP contribution in [0, 0.1) is 11.8 Å². The molecule has 4 unspecified atom stereocenters. The van der Waals surface area contributed by atoms with Crippen LogP contribution in [0.25, 0.3) is 0 Å². The van der Waals surface area contributed by atoms with Gasteiger partial charge in [-0.3, -0.25) is 9.59 Å². The van der Waals surface area contributed by atoms with Crippen LogP contribution in [0.1, 0.15) is 47.5 Å². The summed E-state index contributed by atoms with van der Waals surface area (Å²) in [5, 5.41) is 11.7. The highest BCUT2D eigenvalue weighted by atomic mass is 16.5. The molecule has 0 aromatic carbocycles. The number of carbonyl (C=O) groups excluding carboxylic acids is 1. The highest BCUT2D eigenvalue weighted by Gasteiger charge is 2.42. The zero-order valence-electron chi connectivity index (χ0n) is 12.4. The van der Waals surface area contributed by atoms with E-state index in [1.807, 2.05) is 34.6 Å². The van der Waals surface area contributed by atoms with Crippen molar-refractivity contribution in [3.8, 4) is 0 Å². The fourth-order valence-corrected chi connectivity index (χ4v) is 2.62. The van der Waals surface area contributed by atoms with Crippen molar-refractivity contribution in [2.24, 2.45) is 11.8 Å². The van der Waals surface area contributed by atoms with Gasteiger partial charge in [-0.25, -0.2) is 0 Å². The number of carboxylic acids is 1. The Bertz CT molecular complexity index is 353. The molecule has 1 amide bonds. The quantitative estimate of drug-likeness (QED) is 0.799. The Labute approximate surface area is 114 Å². The van der Waals surface area contributed by atoms with Gasteiger partial charge in [0.25, 0.3) is 0 Å². The minimum absolute atomic E-state index is 0.0419. The van der Waals surface area contributed by atoms with Crippen LogP contribution in [-0.2, 0) is 14.3 Å². The van der Waals surface area contributed by atoms with Gasteiger partial charge in [0.2, 0.25) is 5.91 Å². The third-order valence-electron chi connectivity index (χ3n) is 3.97. The van der Waals surface area contributed by atoms with Gasteiger partial charge in [0, 0.05) is 12.0 Å². The first-order valence-electron chi connectivity index (χ1n) is 6.83. The number of amides is 1. The van der Waals surface area contributed by atoms with Crippen LogP contribution in [-0.4, -0.2) is 34.7 Å². The van der Waals surface area contributed by atoms with E-state index in [1.165, 1.54) is 0 Å². The maximum Gasteiger partial charge on any atom is 0.303 e. The van der Waals surface area contributed by atoms with E-state index < -0.39 is 11.5 Å². The lowest BCUT2D eigenvalue weighted by molar-refractivity contribution is -0.138. The largest absolute Gasteiger partial charge is 0.481 e. The molecular formula is C14H25NO4. The van der Waals surface area contributed by atoms with Crippen molar-refractivity contribution in [3.63, 3.8) is 0 Å². The number of carbonyl (C=O) groups is 2. The van der Waals surface area contributed by atoms with Gasteiger partial charge in [0.15, 0.2) is 0 Å². The summed E-state index contributed by atoms with van der Waals surface area (Å²) in [7, 11) is 0. The highest BCUT2D eigenvalue weighted by molar-refractivity contribution is 5.80. The van der Waals surface area contributed by atoms with E-state index in [4.69, 9.17) is 9.84 Å². The summed E-state index contributed by atoms with van der Waals surface area (Å²) in [6, 6.07) is 0. The summed E-state index contributed by atoms with van der Waals surface area (Å²) in [5.74, 6) is -0.883. The number of hydrogen-bond acceptors (Lipinski definition) is 3. The Morgan fingerprint density at radius 1 is 1.21 bits per heavy atom. The second kappa shape index (κ2) is 5.90. The average Bonchev–Trinajstić information content (AvgIpc) is 2.50. The Hall–Kier alpha value is -1.10. The molecule has 2 N–H and O–H groups in total. The maximum absolute atomic E-state index is 12.3. The van der Waals surface area contributed by atoms with Crippen molar-refractivity contribution >= 4 is 11.9 Å². The molecular weight excluding hydrogens is 246 g/mol. The second-order valence-electron chi connectivity index (χ2n) is 6.20. The van der Waals surface area contributed by atoms with Crippen LogP contribution in [0.5, 0.6) is 0 Å². The number of rotatable bonds is 5. The van der Waals surface area contributed by atoms with E-state index in [-0.39, 0.29) is 36.4 Å². The van der Waals surface area contributed by atoms with E-state index in [9.17, 15) is 9.59 Å². The first-order chi connectivity index (χ1) is 8.64. The standard InChI is InChI=1S/C14H25NO4/c1-8-9(2)19-10(3)12(8)13(18)15-14(4,5)7-6-11(16)17/h8-10,12H,6-7H2,1-5H3,(H,15,18)(H,16,17). The van der Waals surface area contributed by atoms with E-state index >= 15 is 0 Å². The van der Waals surface area contributed by atoms with Crippen LogP contribution in [0.15, 0.2) is 0 Å². The number of carboxylic acid groups (broad SMARTS) is 1. The van der Waals surface area contributed by atoms with Gasteiger partial charge in [-0.15, -0.1) is 0 Å². The molecule has 0 aromatic rings. The summed E-state index contributed by atoms with van der Waals surface area (Å²) in [6.07, 6.45) is 0.448. The predicted octanol–water partition coefficient (Wildman–Crippen LogP) is 1.81. The summed E-state index contributed by atoms with van der Waals surface area (Å²) < 4.78 is 5.66. The Kier molecular flexibility index (Phi) is 4.96. The van der Waals surface area contributed by atoms with Crippen LogP contribution >= 0.6 is 0 Å². The monoisotopic (exact) mass is 271 g/mol. The number of hydrogen-bond donors (Lipinski definition) is 2.